The molecule has 0 saturated heterocycles. The van der Waals surface area contributed by atoms with Crippen molar-refractivity contribution in [1.29, 1.82) is 0 Å². The molecule has 2 aromatic rings. The minimum Gasteiger partial charge on any atom is -0.489 e. The molecule has 4 heteroatoms. The first-order chi connectivity index (χ1) is 10.1. The number of nitrogens with zero attached hydrogens (tertiary/aromatic N) is 1. The molecule has 4 nitrogen and oxygen atoms in total. The predicted molar refractivity (Wildman–Crippen MR) is 84.1 cm³/mol. The molecule has 21 heavy (non-hydrogen) atoms. The fourth-order valence-corrected chi connectivity index (χ4v) is 2.48. The summed E-state index contributed by atoms with van der Waals surface area (Å²) in [4.78, 5) is 2.04. The quantitative estimate of drug-likeness (QED) is 0.941. The topological polar surface area (TPSA) is 47.7 Å². The molecular formula is C17H20N2O2. The van der Waals surface area contributed by atoms with Crippen LogP contribution in [0.3, 0.4) is 0 Å². The smallest absolute Gasteiger partial charge is 0.152 e. The lowest BCUT2D eigenvalue weighted by molar-refractivity contribution is 0.0878. The van der Waals surface area contributed by atoms with E-state index < -0.39 is 0 Å². The predicted octanol–water partition coefficient (Wildman–Crippen LogP) is 2.59. The summed E-state index contributed by atoms with van der Waals surface area (Å²) in [6, 6.07) is 15.6. The first-order valence-corrected chi connectivity index (χ1v) is 7.06. The maximum absolute atomic E-state index is 6.32. The van der Waals surface area contributed by atoms with E-state index in [-0.39, 0.29) is 12.1 Å². The Labute approximate surface area is 125 Å². The van der Waals surface area contributed by atoms with Crippen molar-refractivity contribution < 1.29 is 9.47 Å². The van der Waals surface area contributed by atoms with Gasteiger partial charge in [-0.3, -0.25) is 0 Å². The molecule has 0 radical (unpaired) electrons. The minimum atomic E-state index is -0.183. The van der Waals surface area contributed by atoms with Crippen LogP contribution in [0.25, 0.3) is 0 Å². The van der Waals surface area contributed by atoms with Crippen LogP contribution < -0.4 is 20.1 Å². The third kappa shape index (κ3) is 2.81. The van der Waals surface area contributed by atoms with E-state index in [1.54, 1.807) is 0 Å². The van der Waals surface area contributed by atoms with Gasteiger partial charge in [-0.1, -0.05) is 24.3 Å². The van der Waals surface area contributed by atoms with Crippen LogP contribution in [0.1, 0.15) is 11.6 Å². The van der Waals surface area contributed by atoms with Gasteiger partial charge in [0, 0.05) is 31.4 Å². The molecule has 0 fully saturated rings. The Bertz CT molecular complexity index is 628. The van der Waals surface area contributed by atoms with Crippen molar-refractivity contribution in [1.82, 2.24) is 0 Å². The van der Waals surface area contributed by atoms with Crippen molar-refractivity contribution in [2.45, 2.75) is 12.1 Å². The molecule has 3 rings (SSSR count). The Morgan fingerprint density at radius 3 is 2.76 bits per heavy atom. The van der Waals surface area contributed by atoms with Gasteiger partial charge in [-0.25, -0.2) is 0 Å². The van der Waals surface area contributed by atoms with E-state index in [4.69, 9.17) is 15.2 Å². The number of benzene rings is 2. The highest BCUT2D eigenvalue weighted by molar-refractivity contribution is 5.49. The first-order valence-electron chi connectivity index (χ1n) is 7.06. The van der Waals surface area contributed by atoms with E-state index >= 15 is 0 Å². The van der Waals surface area contributed by atoms with E-state index in [1.807, 2.05) is 67.5 Å². The molecular weight excluding hydrogens is 264 g/mol. The van der Waals surface area contributed by atoms with Gasteiger partial charge in [-0.15, -0.1) is 0 Å². The van der Waals surface area contributed by atoms with Crippen molar-refractivity contribution >= 4 is 5.69 Å². The second-order valence-corrected chi connectivity index (χ2v) is 5.42. The SMILES string of the molecule is CN(C)c1cccc(OC2COc3ccccc3C2N)c1. The summed E-state index contributed by atoms with van der Waals surface area (Å²) in [7, 11) is 4.01. The summed E-state index contributed by atoms with van der Waals surface area (Å²) in [6.07, 6.45) is -0.183. The third-order valence-corrected chi connectivity index (χ3v) is 3.70. The maximum atomic E-state index is 6.32. The van der Waals surface area contributed by atoms with Gasteiger partial charge in [-0.2, -0.15) is 0 Å². The van der Waals surface area contributed by atoms with Crippen molar-refractivity contribution in [2.24, 2.45) is 5.73 Å². The lowest BCUT2D eigenvalue weighted by Gasteiger charge is -2.31. The molecule has 0 aliphatic carbocycles. The van der Waals surface area contributed by atoms with Gasteiger partial charge < -0.3 is 20.1 Å². The summed E-state index contributed by atoms with van der Waals surface area (Å²) in [5.74, 6) is 1.66. The van der Waals surface area contributed by atoms with Crippen LogP contribution in [0, 0.1) is 0 Å². The number of rotatable bonds is 3. The van der Waals surface area contributed by atoms with Gasteiger partial charge in [0.1, 0.15) is 18.1 Å². The van der Waals surface area contributed by atoms with Crippen LogP contribution in [-0.2, 0) is 0 Å². The Balaban J connectivity index is 1.79. The molecule has 1 aliphatic rings. The fourth-order valence-electron chi connectivity index (χ4n) is 2.48. The summed E-state index contributed by atoms with van der Waals surface area (Å²) in [6.45, 7) is 0.463. The standard InChI is InChI=1S/C17H20N2O2/c1-19(2)12-6-5-7-13(10-12)21-16-11-20-15-9-4-3-8-14(15)17(16)18/h3-10,16-17H,11,18H2,1-2H3. The second-order valence-electron chi connectivity index (χ2n) is 5.42. The average molecular weight is 284 g/mol. The lowest BCUT2D eigenvalue weighted by Crippen LogP contribution is -2.40. The van der Waals surface area contributed by atoms with Crippen LogP contribution in [0.5, 0.6) is 11.5 Å². The molecule has 2 atom stereocenters. The van der Waals surface area contributed by atoms with Gasteiger partial charge in [0.15, 0.2) is 6.10 Å². The van der Waals surface area contributed by atoms with Crippen LogP contribution in [0.15, 0.2) is 48.5 Å². The number of hydrogen-bond acceptors (Lipinski definition) is 4. The van der Waals surface area contributed by atoms with Crippen molar-refractivity contribution in [3.8, 4) is 11.5 Å². The van der Waals surface area contributed by atoms with E-state index in [1.165, 1.54) is 0 Å². The fraction of sp³-hybridized carbons (Fsp3) is 0.294. The molecule has 110 valence electrons. The molecule has 2 unspecified atom stereocenters. The minimum absolute atomic E-state index is 0.182. The normalized spacial score (nSPS) is 20.3. The maximum Gasteiger partial charge on any atom is 0.152 e. The molecule has 0 saturated carbocycles. The number of nitrogens with two attached hydrogens (primary N) is 1. The van der Waals surface area contributed by atoms with Gasteiger partial charge in [-0.05, 0) is 18.2 Å². The zero-order valence-corrected chi connectivity index (χ0v) is 12.3. The first kappa shape index (κ1) is 13.8. The van der Waals surface area contributed by atoms with Gasteiger partial charge >= 0.3 is 0 Å². The zero-order valence-electron chi connectivity index (χ0n) is 12.3. The Hall–Kier alpha value is -2.20. The van der Waals surface area contributed by atoms with Gasteiger partial charge in [0.05, 0.1) is 6.04 Å². The molecule has 0 bridgehead atoms. The molecule has 1 aliphatic heterocycles. The average Bonchev–Trinajstić information content (AvgIpc) is 2.51. The highest BCUT2D eigenvalue weighted by Gasteiger charge is 2.29. The number of ether oxygens (including phenoxy) is 2. The second kappa shape index (κ2) is 5.66. The highest BCUT2D eigenvalue weighted by atomic mass is 16.5. The van der Waals surface area contributed by atoms with Crippen molar-refractivity contribution in [2.75, 3.05) is 25.6 Å². The third-order valence-electron chi connectivity index (χ3n) is 3.70. The summed E-state index contributed by atoms with van der Waals surface area (Å²) in [5.41, 5.74) is 8.41. The molecule has 1 heterocycles. The van der Waals surface area contributed by atoms with Crippen LogP contribution in [0.4, 0.5) is 5.69 Å². The molecule has 0 spiro atoms. The largest absolute Gasteiger partial charge is 0.489 e. The van der Waals surface area contributed by atoms with Crippen LogP contribution >= 0.6 is 0 Å². The van der Waals surface area contributed by atoms with Crippen molar-refractivity contribution in [3.63, 3.8) is 0 Å². The van der Waals surface area contributed by atoms with E-state index in [0.29, 0.717) is 6.61 Å². The molecule has 2 N–H and O–H groups in total. The number of fused-ring (bicyclic) bond motifs is 1. The van der Waals surface area contributed by atoms with Gasteiger partial charge in [0.2, 0.25) is 0 Å². The number of anilines is 1. The summed E-state index contributed by atoms with van der Waals surface area (Å²) in [5, 5.41) is 0. The molecule has 0 aromatic heterocycles. The van der Waals surface area contributed by atoms with Crippen LogP contribution in [-0.4, -0.2) is 26.8 Å². The summed E-state index contributed by atoms with van der Waals surface area (Å²) < 4.78 is 11.8. The lowest BCUT2D eigenvalue weighted by atomic mass is 9.99. The monoisotopic (exact) mass is 284 g/mol. The van der Waals surface area contributed by atoms with E-state index in [9.17, 15) is 0 Å². The zero-order chi connectivity index (χ0) is 14.8. The Morgan fingerprint density at radius 1 is 1.14 bits per heavy atom. The number of hydrogen-bond donors (Lipinski definition) is 1. The Kier molecular flexibility index (Phi) is 3.71. The summed E-state index contributed by atoms with van der Waals surface area (Å²) >= 11 is 0. The molecule has 2 aromatic carbocycles. The van der Waals surface area contributed by atoms with Crippen LogP contribution in [0.2, 0.25) is 0 Å². The Morgan fingerprint density at radius 2 is 1.95 bits per heavy atom. The van der Waals surface area contributed by atoms with Crippen molar-refractivity contribution in [3.05, 3.63) is 54.1 Å². The highest BCUT2D eigenvalue weighted by Crippen LogP contribution is 2.32. The molecule has 0 amide bonds. The van der Waals surface area contributed by atoms with E-state index in [0.717, 1.165) is 22.7 Å². The number of para-hydroxylation sites is 1. The van der Waals surface area contributed by atoms with E-state index in [2.05, 4.69) is 0 Å². The van der Waals surface area contributed by atoms with Gasteiger partial charge in [0.25, 0.3) is 0 Å².